The number of nitrogens with one attached hydrogen (secondary N) is 2. The van der Waals surface area contributed by atoms with Crippen LogP contribution in [0.5, 0.6) is 5.75 Å². The number of halogens is 3. The highest BCUT2D eigenvalue weighted by Gasteiger charge is 2.34. The first-order chi connectivity index (χ1) is 18.2. The maximum absolute atomic E-state index is 13.5. The highest BCUT2D eigenvalue weighted by molar-refractivity contribution is 6.01. The molecule has 0 radical (unpaired) electrons. The molecule has 0 aliphatic heterocycles. The minimum Gasteiger partial charge on any atom is -0.405 e. The molecule has 0 fully saturated rings. The van der Waals surface area contributed by atoms with Crippen molar-refractivity contribution in [1.82, 2.24) is 15.3 Å². The number of pyridine rings is 1. The van der Waals surface area contributed by atoms with Gasteiger partial charge in [-0.05, 0) is 48.1 Å². The number of aromatic amines is 1. The summed E-state index contributed by atoms with van der Waals surface area (Å²) < 4.78 is 43.8. The summed E-state index contributed by atoms with van der Waals surface area (Å²) >= 11 is 0. The number of carbonyl (C=O) groups is 1. The molecule has 0 saturated carbocycles. The summed E-state index contributed by atoms with van der Waals surface area (Å²) in [7, 11) is 0. The average molecular weight is 520 g/mol. The van der Waals surface area contributed by atoms with Gasteiger partial charge in [-0.1, -0.05) is 48.5 Å². The number of aromatic nitrogens is 2. The van der Waals surface area contributed by atoms with Crippen molar-refractivity contribution in [3.05, 3.63) is 96.4 Å². The predicted octanol–water partition coefficient (Wildman–Crippen LogP) is 6.01. The van der Waals surface area contributed by atoms with E-state index in [9.17, 15) is 23.1 Å². The molecule has 5 aromatic rings. The summed E-state index contributed by atoms with van der Waals surface area (Å²) in [6, 6.07) is 19.0. The monoisotopic (exact) mass is 519 g/mol. The number of ether oxygens (including phenoxy) is 1. The fraction of sp³-hybridized carbons (Fsp3) is 0.172. The number of aliphatic hydroxyl groups excluding tert-OH is 1. The van der Waals surface area contributed by atoms with Crippen molar-refractivity contribution in [2.24, 2.45) is 0 Å². The van der Waals surface area contributed by atoms with Gasteiger partial charge in [0.2, 0.25) is 0 Å². The van der Waals surface area contributed by atoms with Crippen LogP contribution in [-0.2, 0) is 6.42 Å². The molecular weight excluding hydrogens is 495 g/mol. The lowest BCUT2D eigenvalue weighted by Gasteiger charge is -2.29. The quantitative estimate of drug-likeness (QED) is 0.246. The second-order valence-electron chi connectivity index (χ2n) is 9.38. The molecule has 5 rings (SSSR count). The van der Waals surface area contributed by atoms with E-state index in [0.717, 1.165) is 33.3 Å². The molecule has 2 heterocycles. The normalized spacial score (nSPS) is 13.4. The Morgan fingerprint density at radius 3 is 2.53 bits per heavy atom. The molecule has 2 aromatic heterocycles. The van der Waals surface area contributed by atoms with Crippen LogP contribution in [0.3, 0.4) is 0 Å². The molecule has 0 aliphatic rings. The number of para-hydroxylation sites is 1. The van der Waals surface area contributed by atoms with Crippen molar-refractivity contribution in [1.29, 1.82) is 0 Å². The number of fused-ring (bicyclic) bond motifs is 2. The van der Waals surface area contributed by atoms with Crippen molar-refractivity contribution < 1.29 is 27.8 Å². The Morgan fingerprint density at radius 2 is 1.76 bits per heavy atom. The van der Waals surface area contributed by atoms with Crippen LogP contribution in [0, 0.1) is 0 Å². The number of rotatable bonds is 7. The molecule has 0 bridgehead atoms. The average Bonchev–Trinajstić information content (AvgIpc) is 3.30. The lowest BCUT2D eigenvalue weighted by molar-refractivity contribution is -0.274. The first kappa shape index (κ1) is 25.3. The topological polar surface area (TPSA) is 87.2 Å². The minimum absolute atomic E-state index is 0.238. The van der Waals surface area contributed by atoms with Crippen molar-refractivity contribution in [2.75, 3.05) is 6.61 Å². The van der Waals surface area contributed by atoms with Gasteiger partial charge in [0.25, 0.3) is 5.91 Å². The molecule has 0 saturated heterocycles. The fourth-order valence-corrected chi connectivity index (χ4v) is 4.61. The Hall–Kier alpha value is -4.37. The fourth-order valence-electron chi connectivity index (χ4n) is 4.61. The van der Waals surface area contributed by atoms with Crippen LogP contribution in [-0.4, -0.2) is 39.5 Å². The lowest BCUT2D eigenvalue weighted by atomic mass is 9.92. The first-order valence-electron chi connectivity index (χ1n) is 11.9. The Morgan fingerprint density at radius 1 is 1.03 bits per heavy atom. The number of H-pyrrole nitrogens is 1. The molecule has 0 aliphatic carbocycles. The number of alkyl halides is 3. The molecule has 38 heavy (non-hydrogen) atoms. The third-order valence-electron chi connectivity index (χ3n) is 6.45. The van der Waals surface area contributed by atoms with Crippen molar-refractivity contribution in [2.45, 2.75) is 25.2 Å². The van der Waals surface area contributed by atoms with Gasteiger partial charge >= 0.3 is 6.36 Å². The number of hydrogen-bond acceptors (Lipinski definition) is 4. The first-order valence-corrected chi connectivity index (χ1v) is 11.9. The lowest BCUT2D eigenvalue weighted by Crippen LogP contribution is -2.50. The number of carbonyl (C=O) groups excluding carboxylic acids is 1. The van der Waals surface area contributed by atoms with Crippen LogP contribution in [0.15, 0.2) is 85.3 Å². The largest absolute Gasteiger partial charge is 0.573 e. The molecule has 194 valence electrons. The molecule has 3 aromatic carbocycles. The van der Waals surface area contributed by atoms with Gasteiger partial charge in [0, 0.05) is 40.4 Å². The van der Waals surface area contributed by atoms with Gasteiger partial charge in [0.05, 0.1) is 17.7 Å². The Balaban J connectivity index is 1.52. The molecule has 9 heteroatoms. The van der Waals surface area contributed by atoms with Gasteiger partial charge in [-0.2, -0.15) is 0 Å². The number of benzene rings is 3. The van der Waals surface area contributed by atoms with Crippen molar-refractivity contribution >= 4 is 27.6 Å². The second kappa shape index (κ2) is 9.83. The van der Waals surface area contributed by atoms with E-state index in [0.29, 0.717) is 11.1 Å². The summed E-state index contributed by atoms with van der Waals surface area (Å²) in [4.78, 5) is 20.9. The van der Waals surface area contributed by atoms with E-state index in [1.54, 1.807) is 25.5 Å². The van der Waals surface area contributed by atoms with E-state index in [1.165, 1.54) is 12.1 Å². The van der Waals surface area contributed by atoms with E-state index in [4.69, 9.17) is 0 Å². The van der Waals surface area contributed by atoms with Crippen LogP contribution in [0.4, 0.5) is 13.2 Å². The number of amides is 1. The smallest absolute Gasteiger partial charge is 0.405 e. The van der Waals surface area contributed by atoms with E-state index in [1.807, 2.05) is 48.5 Å². The predicted molar refractivity (Wildman–Crippen MR) is 139 cm³/mol. The van der Waals surface area contributed by atoms with Crippen LogP contribution in [0.25, 0.3) is 32.8 Å². The zero-order chi connectivity index (χ0) is 26.9. The van der Waals surface area contributed by atoms with Gasteiger partial charge in [-0.25, -0.2) is 0 Å². The number of hydrogen-bond donors (Lipinski definition) is 3. The zero-order valence-electron chi connectivity index (χ0n) is 20.3. The van der Waals surface area contributed by atoms with Crippen LogP contribution in [0.2, 0.25) is 0 Å². The number of nitrogens with zero attached hydrogens (tertiary/aromatic N) is 1. The molecule has 6 nitrogen and oxygen atoms in total. The summed E-state index contributed by atoms with van der Waals surface area (Å²) in [6.45, 7) is 1.19. The van der Waals surface area contributed by atoms with Crippen LogP contribution < -0.4 is 10.1 Å². The molecule has 1 atom stereocenters. The van der Waals surface area contributed by atoms with Crippen molar-refractivity contribution in [3.63, 3.8) is 0 Å². The zero-order valence-corrected chi connectivity index (χ0v) is 20.3. The molecule has 0 spiro atoms. The van der Waals surface area contributed by atoms with Gasteiger partial charge in [0.1, 0.15) is 5.75 Å². The summed E-state index contributed by atoms with van der Waals surface area (Å²) in [5.74, 6) is -1.45. The summed E-state index contributed by atoms with van der Waals surface area (Å²) in [5.41, 5.74) is 1.41. The van der Waals surface area contributed by atoms with Gasteiger partial charge in [-0.15, -0.1) is 13.2 Å². The Labute approximate surface area is 216 Å². The van der Waals surface area contributed by atoms with E-state index in [-0.39, 0.29) is 12.0 Å². The maximum Gasteiger partial charge on any atom is 0.573 e. The summed E-state index contributed by atoms with van der Waals surface area (Å²) in [6.07, 6.45) is 0.310. The van der Waals surface area contributed by atoms with Crippen LogP contribution >= 0.6 is 0 Å². The maximum atomic E-state index is 13.5. The highest BCUT2D eigenvalue weighted by Crippen LogP contribution is 2.34. The standard InChI is InChI=1S/C29H24F3N3O3/c1-28(17-36,13-20-15-34-25-9-5-4-8-22(20)25)35-27(37)23-12-18(10-11-26(23)38-29(30,31)32)24-16-33-14-19-6-2-3-7-21(19)24/h2-12,14-16,34,36H,13,17H2,1H3,(H,35,37). The number of aliphatic hydroxyl groups is 1. The molecular formula is C29H24F3N3O3. The van der Waals surface area contributed by atoms with Gasteiger partial charge in [0.15, 0.2) is 0 Å². The summed E-state index contributed by atoms with van der Waals surface area (Å²) in [5, 5.41) is 15.6. The third-order valence-corrected chi connectivity index (χ3v) is 6.45. The minimum atomic E-state index is -5.00. The molecule has 1 amide bonds. The molecule has 1 unspecified atom stereocenters. The third kappa shape index (κ3) is 5.19. The second-order valence-corrected chi connectivity index (χ2v) is 9.38. The van der Waals surface area contributed by atoms with E-state index < -0.39 is 30.2 Å². The van der Waals surface area contributed by atoms with Gasteiger partial charge < -0.3 is 20.1 Å². The van der Waals surface area contributed by atoms with E-state index in [2.05, 4.69) is 20.0 Å². The van der Waals surface area contributed by atoms with E-state index >= 15 is 0 Å². The van der Waals surface area contributed by atoms with Crippen molar-refractivity contribution in [3.8, 4) is 16.9 Å². The van der Waals surface area contributed by atoms with Gasteiger partial charge in [-0.3, -0.25) is 9.78 Å². The highest BCUT2D eigenvalue weighted by atomic mass is 19.4. The molecule has 3 N–H and O–H groups in total. The SMILES string of the molecule is CC(CO)(Cc1c[nH]c2ccccc12)NC(=O)c1cc(-c2cncc3ccccc23)ccc1OC(F)(F)F. The Kier molecular flexibility index (Phi) is 6.54. The Bertz CT molecular complexity index is 1620. The van der Waals surface area contributed by atoms with Crippen LogP contribution in [0.1, 0.15) is 22.8 Å².